The lowest BCUT2D eigenvalue weighted by Gasteiger charge is -2.11. The molecule has 3 N–H and O–H groups in total. The van der Waals surface area contributed by atoms with Gasteiger partial charge in [0.25, 0.3) is 0 Å². The maximum absolute atomic E-state index is 11.8. The zero-order valence-electron chi connectivity index (χ0n) is 10.1. The number of nitrogens with two attached hydrogens (primary N) is 1. The fourth-order valence-electron chi connectivity index (χ4n) is 1.17. The molecule has 0 radical (unpaired) electrons. The molecule has 0 saturated carbocycles. The van der Waals surface area contributed by atoms with Crippen molar-refractivity contribution in [3.05, 3.63) is 28.8 Å². The summed E-state index contributed by atoms with van der Waals surface area (Å²) in [5.74, 6) is 5.36. The van der Waals surface area contributed by atoms with Gasteiger partial charge in [-0.15, -0.1) is 0 Å². The van der Waals surface area contributed by atoms with E-state index >= 15 is 0 Å². The Morgan fingerprint density at radius 2 is 2.21 bits per heavy atom. The molecule has 0 heterocycles. The molecule has 0 aromatic heterocycles. The van der Waals surface area contributed by atoms with E-state index < -0.39 is 15.3 Å². The van der Waals surface area contributed by atoms with Gasteiger partial charge in [-0.25, -0.2) is 8.42 Å². The van der Waals surface area contributed by atoms with Crippen molar-refractivity contribution >= 4 is 27.3 Å². The standard InChI is InChI=1S/C12H12ClN3O2S/c1-9(8-15)19(17,18)16-12-7-11(13)5-4-10(12)3-2-6-14/h4-5,7,9,16H,6,14H2,1H3. The third kappa shape index (κ3) is 4.15. The summed E-state index contributed by atoms with van der Waals surface area (Å²) in [6.45, 7) is 1.45. The fraction of sp³-hybridized carbons (Fsp3) is 0.250. The molecule has 0 aliphatic rings. The fourth-order valence-corrected chi connectivity index (χ4v) is 2.13. The van der Waals surface area contributed by atoms with Gasteiger partial charge in [-0.3, -0.25) is 4.72 Å². The van der Waals surface area contributed by atoms with Crippen molar-refractivity contribution in [3.8, 4) is 17.9 Å². The Balaban J connectivity index is 3.20. The van der Waals surface area contributed by atoms with Crippen LogP contribution in [0.2, 0.25) is 5.02 Å². The molecule has 0 aliphatic heterocycles. The number of benzene rings is 1. The SMILES string of the molecule is CC(C#N)S(=O)(=O)Nc1cc(Cl)ccc1C#CCN. The number of hydrogen-bond acceptors (Lipinski definition) is 4. The van der Waals surface area contributed by atoms with Crippen LogP contribution in [-0.2, 0) is 10.0 Å². The van der Waals surface area contributed by atoms with Crippen molar-refractivity contribution in [2.24, 2.45) is 5.73 Å². The van der Waals surface area contributed by atoms with E-state index in [1.165, 1.54) is 13.0 Å². The van der Waals surface area contributed by atoms with Crippen LogP contribution < -0.4 is 10.5 Å². The summed E-state index contributed by atoms with van der Waals surface area (Å²) in [6.07, 6.45) is 0. The molecule has 1 aromatic rings. The topological polar surface area (TPSA) is 96.0 Å². The van der Waals surface area contributed by atoms with Crippen LogP contribution in [0.5, 0.6) is 0 Å². The summed E-state index contributed by atoms with van der Waals surface area (Å²) >= 11 is 5.82. The van der Waals surface area contributed by atoms with Gasteiger partial charge in [-0.1, -0.05) is 23.4 Å². The van der Waals surface area contributed by atoms with Crippen molar-refractivity contribution < 1.29 is 8.42 Å². The van der Waals surface area contributed by atoms with Crippen molar-refractivity contribution in [2.45, 2.75) is 12.2 Å². The van der Waals surface area contributed by atoms with Crippen LogP contribution in [0, 0.1) is 23.2 Å². The van der Waals surface area contributed by atoms with Crippen LogP contribution in [0.25, 0.3) is 0 Å². The largest absolute Gasteiger partial charge is 0.320 e. The molecule has 0 spiro atoms. The second-order valence-electron chi connectivity index (χ2n) is 3.61. The van der Waals surface area contributed by atoms with Crippen molar-refractivity contribution in [3.63, 3.8) is 0 Å². The average Bonchev–Trinajstić information content (AvgIpc) is 2.36. The van der Waals surface area contributed by atoms with Gasteiger partial charge >= 0.3 is 0 Å². The van der Waals surface area contributed by atoms with Gasteiger partial charge in [0.05, 0.1) is 18.3 Å². The Kier molecular flexibility index (Phi) is 5.20. The first-order chi connectivity index (χ1) is 8.90. The quantitative estimate of drug-likeness (QED) is 0.822. The predicted octanol–water partition coefficient (Wildman–Crippen LogP) is 1.30. The summed E-state index contributed by atoms with van der Waals surface area (Å²) < 4.78 is 25.9. The summed E-state index contributed by atoms with van der Waals surface area (Å²) in [6, 6.07) is 6.27. The van der Waals surface area contributed by atoms with E-state index in [1.54, 1.807) is 18.2 Å². The van der Waals surface area contributed by atoms with E-state index in [-0.39, 0.29) is 12.2 Å². The van der Waals surface area contributed by atoms with Gasteiger partial charge in [0.15, 0.2) is 5.25 Å². The normalized spacial score (nSPS) is 11.9. The highest BCUT2D eigenvalue weighted by molar-refractivity contribution is 7.93. The van der Waals surface area contributed by atoms with Gasteiger partial charge in [-0.05, 0) is 25.1 Å². The number of halogens is 1. The molecule has 0 amide bonds. The molecule has 100 valence electrons. The number of hydrogen-bond donors (Lipinski definition) is 2. The number of nitrogens with zero attached hydrogens (tertiary/aromatic N) is 1. The van der Waals surface area contributed by atoms with E-state index in [2.05, 4.69) is 16.6 Å². The molecule has 1 unspecified atom stereocenters. The summed E-state index contributed by atoms with van der Waals surface area (Å²) in [5, 5.41) is 7.86. The Bertz CT molecular complexity index is 668. The Morgan fingerprint density at radius 1 is 1.53 bits per heavy atom. The summed E-state index contributed by atoms with van der Waals surface area (Å²) in [5.41, 5.74) is 5.95. The molecule has 19 heavy (non-hydrogen) atoms. The van der Waals surface area contributed by atoms with E-state index in [4.69, 9.17) is 22.6 Å². The van der Waals surface area contributed by atoms with Crippen LogP contribution in [0.1, 0.15) is 12.5 Å². The highest BCUT2D eigenvalue weighted by Gasteiger charge is 2.21. The first-order valence-corrected chi connectivity index (χ1v) is 7.23. The van der Waals surface area contributed by atoms with Gasteiger partial charge < -0.3 is 5.73 Å². The first kappa shape index (κ1) is 15.3. The van der Waals surface area contributed by atoms with Crippen LogP contribution >= 0.6 is 11.6 Å². The minimum absolute atomic E-state index is 0.156. The van der Waals surface area contributed by atoms with E-state index in [0.29, 0.717) is 10.6 Å². The first-order valence-electron chi connectivity index (χ1n) is 5.30. The lowest BCUT2D eigenvalue weighted by Crippen LogP contribution is -2.24. The van der Waals surface area contributed by atoms with E-state index in [9.17, 15) is 8.42 Å². The zero-order valence-corrected chi connectivity index (χ0v) is 11.7. The lowest BCUT2D eigenvalue weighted by molar-refractivity contribution is 0.597. The molecule has 1 rings (SSSR count). The highest BCUT2D eigenvalue weighted by Crippen LogP contribution is 2.22. The number of anilines is 1. The van der Waals surface area contributed by atoms with E-state index in [1.807, 2.05) is 0 Å². The third-order valence-corrected chi connectivity index (χ3v) is 3.98. The Hall–Kier alpha value is -1.73. The van der Waals surface area contributed by atoms with Gasteiger partial charge in [0.1, 0.15) is 0 Å². The molecule has 1 aromatic carbocycles. The average molecular weight is 298 g/mol. The number of nitriles is 1. The van der Waals surface area contributed by atoms with Crippen LogP contribution in [0.4, 0.5) is 5.69 Å². The number of rotatable bonds is 3. The molecule has 5 nitrogen and oxygen atoms in total. The third-order valence-electron chi connectivity index (χ3n) is 2.21. The summed E-state index contributed by atoms with van der Waals surface area (Å²) in [7, 11) is -3.80. The summed E-state index contributed by atoms with van der Waals surface area (Å²) in [4.78, 5) is 0. The Morgan fingerprint density at radius 3 is 2.79 bits per heavy atom. The number of sulfonamides is 1. The van der Waals surface area contributed by atoms with Gasteiger partial charge in [0.2, 0.25) is 10.0 Å². The molecule has 0 saturated heterocycles. The predicted molar refractivity (Wildman–Crippen MR) is 75.0 cm³/mol. The van der Waals surface area contributed by atoms with Crippen molar-refractivity contribution in [2.75, 3.05) is 11.3 Å². The molecule has 1 atom stereocenters. The minimum atomic E-state index is -3.80. The Labute approximate surface area is 117 Å². The smallest absolute Gasteiger partial charge is 0.248 e. The van der Waals surface area contributed by atoms with Crippen molar-refractivity contribution in [1.82, 2.24) is 0 Å². The molecular formula is C12H12ClN3O2S. The second kappa shape index (κ2) is 6.44. The minimum Gasteiger partial charge on any atom is -0.320 e. The van der Waals surface area contributed by atoms with E-state index in [0.717, 1.165) is 0 Å². The van der Waals surface area contributed by atoms with Crippen LogP contribution in [0.15, 0.2) is 18.2 Å². The maximum Gasteiger partial charge on any atom is 0.248 e. The molecule has 0 aliphatic carbocycles. The van der Waals surface area contributed by atoms with Gasteiger partial charge in [-0.2, -0.15) is 5.26 Å². The van der Waals surface area contributed by atoms with Gasteiger partial charge in [0, 0.05) is 10.6 Å². The molecule has 0 bridgehead atoms. The second-order valence-corrected chi connectivity index (χ2v) is 6.05. The lowest BCUT2D eigenvalue weighted by atomic mass is 10.2. The highest BCUT2D eigenvalue weighted by atomic mass is 35.5. The monoisotopic (exact) mass is 297 g/mol. The van der Waals surface area contributed by atoms with Crippen molar-refractivity contribution in [1.29, 1.82) is 5.26 Å². The van der Waals surface area contributed by atoms with Crippen LogP contribution in [-0.4, -0.2) is 20.2 Å². The maximum atomic E-state index is 11.8. The molecule has 7 heteroatoms. The number of nitrogens with one attached hydrogen (secondary N) is 1. The van der Waals surface area contributed by atoms with Crippen LogP contribution in [0.3, 0.4) is 0 Å². The molecule has 0 fully saturated rings. The zero-order chi connectivity index (χ0) is 14.5. The molecular weight excluding hydrogens is 286 g/mol.